The summed E-state index contributed by atoms with van der Waals surface area (Å²) >= 11 is 0. The van der Waals surface area contributed by atoms with E-state index in [0.29, 0.717) is 0 Å². The van der Waals surface area contributed by atoms with E-state index in [1.165, 1.54) is 17.6 Å². The van der Waals surface area contributed by atoms with Crippen LogP contribution in [0.5, 0.6) is 0 Å². The zero-order valence-corrected chi connectivity index (χ0v) is 21.4. The molecule has 2 nitrogen and oxygen atoms in total. The Hall–Kier alpha value is -0.258. The number of hydrogen-bond acceptors (Lipinski definition) is 2. The van der Waals surface area contributed by atoms with Crippen LogP contribution >= 0.6 is 0 Å². The standard InChI is InChI=1S/C14H22N2.C3H8.C2H6.CH3.U/c1-7-14(4,5)12-8-9-13(11(2)3)16(10-12)15-6;1-3-2;1-2;;/h8-10H,6-7H2,1-5H3;3H2,1-2H3;1-2H3;1H3;/q;;;-1;. The van der Waals surface area contributed by atoms with Gasteiger partial charge in [0.1, 0.15) is 0 Å². The second-order valence-corrected chi connectivity index (χ2v) is 5.73. The molecule has 0 amide bonds. The number of hydrogen-bond donors (Lipinski definition) is 0. The van der Waals surface area contributed by atoms with E-state index >= 15 is 0 Å². The molecule has 0 saturated carbocycles. The topological polar surface area (TPSA) is 15.6 Å². The number of nitrogens with zero attached hydrogens (tertiary/aromatic N) is 2. The molecular formula is C20H39N2U-. The molecule has 0 atom stereocenters. The molecule has 0 aromatic carbocycles. The van der Waals surface area contributed by atoms with Crippen molar-refractivity contribution in [2.45, 2.75) is 75.2 Å². The van der Waals surface area contributed by atoms with Crippen molar-refractivity contribution in [2.24, 2.45) is 10.5 Å². The van der Waals surface area contributed by atoms with Crippen LogP contribution in [0.1, 0.15) is 75.2 Å². The van der Waals surface area contributed by atoms with Crippen LogP contribution in [0.4, 0.5) is 0 Å². The van der Waals surface area contributed by atoms with Gasteiger partial charge in [0.05, 0.1) is 5.70 Å². The van der Waals surface area contributed by atoms with Crippen LogP contribution < -0.4 is 0 Å². The van der Waals surface area contributed by atoms with Crippen molar-refractivity contribution < 1.29 is 31.1 Å². The Bertz CT molecular complexity index is 386. The normalized spacial score (nSPS) is 12.3. The summed E-state index contributed by atoms with van der Waals surface area (Å²) in [5.74, 6) is 0. The average molecular weight is 546 g/mol. The minimum absolute atomic E-state index is 0. The molecule has 0 spiro atoms. The summed E-state index contributed by atoms with van der Waals surface area (Å²) in [7, 11) is 0. The molecule has 1 rings (SSSR count). The van der Waals surface area contributed by atoms with Crippen molar-refractivity contribution in [1.82, 2.24) is 5.01 Å². The van der Waals surface area contributed by atoms with Gasteiger partial charge in [-0.15, -0.1) is 0 Å². The maximum Gasteiger partial charge on any atom is 0.0631 e. The van der Waals surface area contributed by atoms with E-state index in [-0.39, 0.29) is 44.0 Å². The molecule has 23 heavy (non-hydrogen) atoms. The Morgan fingerprint density at radius 2 is 1.57 bits per heavy atom. The first-order valence-corrected chi connectivity index (χ1v) is 8.17. The summed E-state index contributed by atoms with van der Waals surface area (Å²) in [5, 5.41) is 5.91. The van der Waals surface area contributed by atoms with Crippen molar-refractivity contribution >= 4 is 6.72 Å². The quantitative estimate of drug-likeness (QED) is 0.276. The Morgan fingerprint density at radius 3 is 1.87 bits per heavy atom. The number of allylic oxidation sites excluding steroid dienone is 4. The van der Waals surface area contributed by atoms with Gasteiger partial charge >= 0.3 is 0 Å². The Kier molecular flexibility index (Phi) is 22.1. The monoisotopic (exact) mass is 545 g/mol. The molecule has 1 aliphatic heterocycles. The third-order valence-corrected chi connectivity index (χ3v) is 3.26. The largest absolute Gasteiger partial charge is 0.358 e. The van der Waals surface area contributed by atoms with Crippen LogP contribution in [0.25, 0.3) is 0 Å². The molecule has 0 aromatic rings. The Balaban J connectivity index is -0.000000231. The van der Waals surface area contributed by atoms with Gasteiger partial charge in [0, 0.05) is 44.0 Å². The summed E-state index contributed by atoms with van der Waals surface area (Å²) < 4.78 is 0. The molecule has 0 bridgehead atoms. The molecule has 0 N–H and O–H groups in total. The smallest absolute Gasteiger partial charge is 0.0631 e. The van der Waals surface area contributed by atoms with E-state index < -0.39 is 0 Å². The first-order chi connectivity index (χ1) is 9.83. The third kappa shape index (κ3) is 11.0. The second-order valence-electron chi connectivity index (χ2n) is 5.73. The van der Waals surface area contributed by atoms with Gasteiger partial charge in [0.25, 0.3) is 0 Å². The summed E-state index contributed by atoms with van der Waals surface area (Å²) in [6.07, 6.45) is 8.75. The second kappa shape index (κ2) is 16.6. The predicted molar refractivity (Wildman–Crippen MR) is 105 cm³/mol. The van der Waals surface area contributed by atoms with E-state index in [9.17, 15) is 0 Å². The van der Waals surface area contributed by atoms with Gasteiger partial charge in [-0.1, -0.05) is 66.5 Å². The molecular weight excluding hydrogens is 506 g/mol. The molecule has 0 unspecified atom stereocenters. The van der Waals surface area contributed by atoms with Crippen LogP contribution in [0, 0.1) is 44.0 Å². The summed E-state index contributed by atoms with van der Waals surface area (Å²) in [4.78, 5) is 0. The molecule has 3 heteroatoms. The zero-order valence-electron chi connectivity index (χ0n) is 17.2. The van der Waals surface area contributed by atoms with E-state index in [1.54, 1.807) is 0 Å². The van der Waals surface area contributed by atoms with Gasteiger partial charge in [0.2, 0.25) is 0 Å². The van der Waals surface area contributed by atoms with Gasteiger partial charge in [-0.3, -0.25) is 0 Å². The fourth-order valence-corrected chi connectivity index (χ4v) is 1.61. The van der Waals surface area contributed by atoms with Gasteiger partial charge in [-0.25, -0.2) is 5.01 Å². The number of rotatable bonds is 3. The van der Waals surface area contributed by atoms with Gasteiger partial charge in [-0.2, -0.15) is 5.10 Å². The SMILES string of the molecule is C=NN1C=C(C(C)(C)CC)C=CC1=C(C)C.CC.CCC.[CH3-].[U]. The van der Waals surface area contributed by atoms with E-state index in [1.807, 2.05) is 18.9 Å². The van der Waals surface area contributed by atoms with Crippen LogP contribution in [0.3, 0.4) is 0 Å². The Morgan fingerprint density at radius 1 is 1.13 bits per heavy atom. The fraction of sp³-hybridized carbons (Fsp3) is 0.600. The minimum atomic E-state index is 0. The summed E-state index contributed by atoms with van der Waals surface area (Å²) in [5.41, 5.74) is 3.85. The number of hydrazone groups is 1. The summed E-state index contributed by atoms with van der Waals surface area (Å²) in [6, 6.07) is 0. The van der Waals surface area contributed by atoms with Gasteiger partial charge in [-0.05, 0) is 37.3 Å². The van der Waals surface area contributed by atoms with E-state index in [4.69, 9.17) is 0 Å². The van der Waals surface area contributed by atoms with E-state index in [2.05, 4.69) is 78.6 Å². The Labute approximate surface area is 170 Å². The van der Waals surface area contributed by atoms with Gasteiger partial charge in [0.15, 0.2) is 0 Å². The first-order valence-electron chi connectivity index (χ1n) is 8.17. The van der Waals surface area contributed by atoms with Gasteiger partial charge < -0.3 is 7.43 Å². The molecule has 1 aliphatic rings. The molecule has 0 aliphatic carbocycles. The van der Waals surface area contributed by atoms with Crippen LogP contribution in [-0.2, 0) is 0 Å². The minimum Gasteiger partial charge on any atom is -0.358 e. The van der Waals surface area contributed by atoms with Crippen molar-refractivity contribution in [2.75, 3.05) is 0 Å². The van der Waals surface area contributed by atoms with Crippen molar-refractivity contribution in [3.05, 3.63) is 42.6 Å². The molecule has 1 heterocycles. The average Bonchev–Trinajstić information content (AvgIpc) is 2.49. The molecule has 0 fully saturated rings. The summed E-state index contributed by atoms with van der Waals surface area (Å²) in [6.45, 7) is 22.7. The predicted octanol–water partition coefficient (Wildman–Crippen LogP) is 6.98. The maximum absolute atomic E-state index is 4.05. The molecule has 134 valence electrons. The maximum atomic E-state index is 4.05. The molecule has 0 saturated heterocycles. The van der Waals surface area contributed by atoms with Crippen LogP contribution in [0.2, 0.25) is 0 Å². The third-order valence-electron chi connectivity index (χ3n) is 3.26. The fourth-order valence-electron chi connectivity index (χ4n) is 1.61. The van der Waals surface area contributed by atoms with Crippen molar-refractivity contribution in [1.29, 1.82) is 0 Å². The van der Waals surface area contributed by atoms with Crippen molar-refractivity contribution in [3.63, 3.8) is 0 Å². The first kappa shape index (κ1) is 30.6. The molecule has 0 radical (unpaired) electrons. The van der Waals surface area contributed by atoms with E-state index in [0.717, 1.165) is 12.1 Å². The van der Waals surface area contributed by atoms with Crippen LogP contribution in [-0.4, -0.2) is 11.7 Å². The zero-order chi connectivity index (χ0) is 17.1. The molecule has 0 aromatic heterocycles. The van der Waals surface area contributed by atoms with Crippen molar-refractivity contribution in [3.8, 4) is 0 Å². The van der Waals surface area contributed by atoms with Crippen LogP contribution in [0.15, 0.2) is 40.3 Å².